The first kappa shape index (κ1) is 17.3. The number of benzene rings is 1. The summed E-state index contributed by atoms with van der Waals surface area (Å²) in [6.07, 6.45) is 0. The number of thiazole rings is 1. The van der Waals surface area contributed by atoms with Crippen LogP contribution in [-0.2, 0) is 4.74 Å². The number of hydrogen-bond donors (Lipinski definition) is 0. The molecule has 0 unspecified atom stereocenters. The smallest absolute Gasteiger partial charge is 0.358 e. The molecule has 2 aromatic heterocycles. The highest BCUT2D eigenvalue weighted by atomic mass is 32.1. The molecule has 0 spiro atoms. The minimum Gasteiger partial charge on any atom is -0.497 e. The van der Waals surface area contributed by atoms with Crippen LogP contribution in [0.1, 0.15) is 25.0 Å². The van der Waals surface area contributed by atoms with Gasteiger partial charge in [0.25, 0.3) is 0 Å². The normalized spacial score (nSPS) is 10.5. The molecular formula is C18H15NO4S2. The van der Waals surface area contributed by atoms with E-state index in [0.717, 1.165) is 16.2 Å². The summed E-state index contributed by atoms with van der Waals surface area (Å²) >= 11 is 2.73. The van der Waals surface area contributed by atoms with Gasteiger partial charge in [0, 0.05) is 15.8 Å². The minimum absolute atomic E-state index is 0.200. The van der Waals surface area contributed by atoms with E-state index < -0.39 is 5.97 Å². The van der Waals surface area contributed by atoms with Crippen molar-refractivity contribution in [2.75, 3.05) is 13.7 Å². The molecule has 0 aliphatic rings. The highest BCUT2D eigenvalue weighted by Crippen LogP contribution is 2.26. The third kappa shape index (κ3) is 4.12. The molecule has 1 aromatic carbocycles. The summed E-state index contributed by atoms with van der Waals surface area (Å²) in [7, 11) is 1.60. The highest BCUT2D eigenvalue weighted by Gasteiger charge is 2.16. The molecule has 0 fully saturated rings. The minimum atomic E-state index is -0.599. The van der Waals surface area contributed by atoms with Gasteiger partial charge in [0.2, 0.25) is 5.78 Å². The molecule has 0 saturated heterocycles. The Hall–Kier alpha value is -2.51. The molecule has 3 aromatic rings. The van der Waals surface area contributed by atoms with Crippen molar-refractivity contribution in [2.24, 2.45) is 0 Å². The monoisotopic (exact) mass is 373 g/mol. The van der Waals surface area contributed by atoms with Crippen LogP contribution in [-0.4, -0.2) is 30.5 Å². The van der Waals surface area contributed by atoms with Gasteiger partial charge >= 0.3 is 5.97 Å². The van der Waals surface area contributed by atoms with Gasteiger partial charge in [-0.1, -0.05) is 0 Å². The second-order valence-corrected chi connectivity index (χ2v) is 7.32. The number of rotatable bonds is 6. The Morgan fingerprint density at radius 2 is 1.88 bits per heavy atom. The van der Waals surface area contributed by atoms with E-state index in [1.807, 2.05) is 37.3 Å². The number of carbonyl (C=O) groups excluding carboxylic acids is 2. The van der Waals surface area contributed by atoms with E-state index in [1.165, 1.54) is 22.7 Å². The van der Waals surface area contributed by atoms with Crippen molar-refractivity contribution >= 4 is 34.4 Å². The fourth-order valence-electron chi connectivity index (χ4n) is 2.09. The molecule has 3 rings (SSSR count). The average Bonchev–Trinajstić information content (AvgIpc) is 3.29. The third-order valence-corrected chi connectivity index (χ3v) is 5.33. The van der Waals surface area contributed by atoms with Crippen LogP contribution in [0.3, 0.4) is 0 Å². The molecule has 2 heterocycles. The first-order valence-corrected chi connectivity index (χ1v) is 9.13. The van der Waals surface area contributed by atoms with Crippen molar-refractivity contribution in [2.45, 2.75) is 6.92 Å². The Balaban J connectivity index is 1.63. The maximum absolute atomic E-state index is 12.1. The Morgan fingerprint density at radius 3 is 2.52 bits per heavy atom. The summed E-state index contributed by atoms with van der Waals surface area (Å²) in [4.78, 5) is 30.0. The number of Topliss-reactive ketones (excluding diaryl/α,β-unsaturated/α-hetero) is 1. The lowest BCUT2D eigenvalue weighted by atomic mass is 10.2. The molecule has 0 aliphatic carbocycles. The number of aryl methyl sites for hydroxylation is 1. The Labute approximate surface area is 152 Å². The lowest BCUT2D eigenvalue weighted by Crippen LogP contribution is -2.13. The van der Waals surface area contributed by atoms with Crippen molar-refractivity contribution in [1.29, 1.82) is 0 Å². The van der Waals surface area contributed by atoms with E-state index in [2.05, 4.69) is 4.98 Å². The molecule has 0 saturated carbocycles. The van der Waals surface area contributed by atoms with Gasteiger partial charge in [0.05, 0.1) is 12.0 Å². The maximum atomic E-state index is 12.1. The quantitative estimate of drug-likeness (QED) is 0.478. The molecule has 0 N–H and O–H groups in total. The summed E-state index contributed by atoms with van der Waals surface area (Å²) < 4.78 is 10.2. The molecule has 0 bridgehead atoms. The fraction of sp³-hybridized carbons (Fsp3) is 0.167. The molecule has 0 aliphatic heterocycles. The third-order valence-electron chi connectivity index (χ3n) is 3.40. The lowest BCUT2D eigenvalue weighted by Gasteiger charge is -2.01. The standard InChI is InChI=1S/C18H15NO4S2/c1-11-3-8-16(25-11)15(20)9-23-18(21)14-10-24-17(19-14)12-4-6-13(22-2)7-5-12/h3-8,10H,9H2,1-2H3. The molecule has 128 valence electrons. The number of thiophene rings is 1. The van der Waals surface area contributed by atoms with Crippen LogP contribution in [0, 0.1) is 6.92 Å². The second-order valence-electron chi connectivity index (χ2n) is 5.18. The van der Waals surface area contributed by atoms with Crippen LogP contribution in [0.2, 0.25) is 0 Å². The van der Waals surface area contributed by atoms with Gasteiger partial charge in [-0.2, -0.15) is 0 Å². The van der Waals surface area contributed by atoms with E-state index in [9.17, 15) is 9.59 Å². The average molecular weight is 373 g/mol. The van der Waals surface area contributed by atoms with Crippen molar-refractivity contribution in [3.63, 3.8) is 0 Å². The fourth-order valence-corrected chi connectivity index (χ4v) is 3.68. The molecule has 0 amide bonds. The number of aromatic nitrogens is 1. The Kier molecular flexibility index (Phi) is 5.25. The Morgan fingerprint density at radius 1 is 1.12 bits per heavy atom. The van der Waals surface area contributed by atoms with Crippen LogP contribution < -0.4 is 4.74 Å². The van der Waals surface area contributed by atoms with Gasteiger partial charge in [-0.05, 0) is 43.3 Å². The molecule has 25 heavy (non-hydrogen) atoms. The van der Waals surface area contributed by atoms with Crippen LogP contribution >= 0.6 is 22.7 Å². The van der Waals surface area contributed by atoms with Crippen LogP contribution in [0.4, 0.5) is 0 Å². The molecule has 0 radical (unpaired) electrons. The molecule has 5 nitrogen and oxygen atoms in total. The van der Waals surface area contributed by atoms with E-state index in [0.29, 0.717) is 9.88 Å². The predicted octanol–water partition coefficient (Wildman–Crippen LogP) is 4.23. The van der Waals surface area contributed by atoms with Crippen molar-refractivity contribution in [3.05, 3.63) is 57.2 Å². The van der Waals surface area contributed by atoms with E-state index in [1.54, 1.807) is 18.6 Å². The van der Waals surface area contributed by atoms with E-state index in [-0.39, 0.29) is 18.1 Å². The first-order valence-electron chi connectivity index (χ1n) is 7.43. The van der Waals surface area contributed by atoms with Crippen LogP contribution in [0.25, 0.3) is 10.6 Å². The first-order chi connectivity index (χ1) is 12.1. The maximum Gasteiger partial charge on any atom is 0.358 e. The van der Waals surface area contributed by atoms with Gasteiger partial charge in [0.1, 0.15) is 10.8 Å². The van der Waals surface area contributed by atoms with Gasteiger partial charge in [-0.15, -0.1) is 22.7 Å². The van der Waals surface area contributed by atoms with Crippen LogP contribution in [0.5, 0.6) is 5.75 Å². The zero-order valence-electron chi connectivity index (χ0n) is 13.6. The van der Waals surface area contributed by atoms with Gasteiger partial charge in [0.15, 0.2) is 12.3 Å². The number of ketones is 1. The van der Waals surface area contributed by atoms with E-state index >= 15 is 0 Å². The zero-order chi connectivity index (χ0) is 17.8. The summed E-state index contributed by atoms with van der Waals surface area (Å²) in [5, 5.41) is 2.33. The molecule has 0 atom stereocenters. The Bertz CT molecular complexity index is 896. The molecule has 7 heteroatoms. The van der Waals surface area contributed by atoms with Gasteiger partial charge in [-0.3, -0.25) is 4.79 Å². The predicted molar refractivity (Wildman–Crippen MR) is 97.8 cm³/mol. The summed E-state index contributed by atoms with van der Waals surface area (Å²) in [6.45, 7) is 1.64. The number of carbonyl (C=O) groups is 2. The number of esters is 1. The summed E-state index contributed by atoms with van der Waals surface area (Å²) in [5.74, 6) is -0.0584. The largest absolute Gasteiger partial charge is 0.497 e. The summed E-state index contributed by atoms with van der Waals surface area (Å²) in [6, 6.07) is 11.0. The van der Waals surface area contributed by atoms with E-state index in [4.69, 9.17) is 9.47 Å². The SMILES string of the molecule is COc1ccc(-c2nc(C(=O)OCC(=O)c3ccc(C)s3)cs2)cc1. The lowest BCUT2D eigenvalue weighted by molar-refractivity contribution is 0.0471. The van der Waals surface area contributed by atoms with Crippen molar-refractivity contribution < 1.29 is 19.1 Å². The topological polar surface area (TPSA) is 65.5 Å². The van der Waals surface area contributed by atoms with Gasteiger partial charge in [-0.25, -0.2) is 9.78 Å². The number of nitrogens with zero attached hydrogens (tertiary/aromatic N) is 1. The highest BCUT2D eigenvalue weighted by molar-refractivity contribution is 7.14. The van der Waals surface area contributed by atoms with Crippen molar-refractivity contribution in [1.82, 2.24) is 4.98 Å². The number of methoxy groups -OCH3 is 1. The summed E-state index contributed by atoms with van der Waals surface area (Å²) in [5.41, 5.74) is 1.08. The zero-order valence-corrected chi connectivity index (χ0v) is 15.3. The van der Waals surface area contributed by atoms with Crippen LogP contribution in [0.15, 0.2) is 41.8 Å². The van der Waals surface area contributed by atoms with Crippen molar-refractivity contribution in [3.8, 4) is 16.3 Å². The number of ether oxygens (including phenoxy) is 2. The van der Waals surface area contributed by atoms with Gasteiger partial charge < -0.3 is 9.47 Å². The second kappa shape index (κ2) is 7.58. The number of hydrogen-bond acceptors (Lipinski definition) is 7. The molecular weight excluding hydrogens is 358 g/mol.